The van der Waals surface area contributed by atoms with E-state index in [4.69, 9.17) is 0 Å². The van der Waals surface area contributed by atoms with Gasteiger partial charge in [0.1, 0.15) is 0 Å². The van der Waals surface area contributed by atoms with Crippen LogP contribution in [0.2, 0.25) is 0 Å². The molecule has 0 bridgehead atoms. The second kappa shape index (κ2) is 9.82. The lowest BCUT2D eigenvalue weighted by molar-refractivity contribution is -0.126. The van der Waals surface area contributed by atoms with Crippen LogP contribution in [-0.4, -0.2) is 37.9 Å². The third kappa shape index (κ3) is 5.64. The molecule has 3 rings (SSSR count). The summed E-state index contributed by atoms with van der Waals surface area (Å²) >= 11 is 0. The number of allylic oxidation sites excluding steroid dienone is 1. The molecule has 1 heterocycles. The number of carbonyl (C=O) groups is 1. The molecule has 1 fully saturated rings. The summed E-state index contributed by atoms with van der Waals surface area (Å²) in [6, 6.07) is 16.7. The van der Waals surface area contributed by atoms with Gasteiger partial charge in [-0.15, -0.1) is 0 Å². The fraction of sp³-hybridized carbons (Fsp3) is 0.304. The van der Waals surface area contributed by atoms with E-state index >= 15 is 0 Å². The average Bonchev–Trinajstić information content (AvgIpc) is 2.75. The molecule has 1 aliphatic rings. The van der Waals surface area contributed by atoms with Gasteiger partial charge in [0.15, 0.2) is 0 Å². The third-order valence-electron chi connectivity index (χ3n) is 5.12. The molecule has 2 aromatic carbocycles. The highest BCUT2D eigenvalue weighted by atomic mass is 32.2. The van der Waals surface area contributed by atoms with Crippen molar-refractivity contribution in [1.82, 2.24) is 9.73 Å². The first-order valence-corrected chi connectivity index (χ1v) is 11.4. The Morgan fingerprint density at radius 3 is 2.33 bits per heavy atom. The van der Waals surface area contributed by atoms with Gasteiger partial charge in [-0.3, -0.25) is 4.79 Å². The van der Waals surface area contributed by atoms with Crippen molar-refractivity contribution in [3.8, 4) is 0 Å². The highest BCUT2D eigenvalue weighted by Gasteiger charge is 2.31. The Labute approximate surface area is 178 Å². The fourth-order valence-electron chi connectivity index (χ4n) is 3.36. The van der Waals surface area contributed by atoms with Gasteiger partial charge in [-0.1, -0.05) is 54.1 Å². The lowest BCUT2D eigenvalue weighted by atomic mass is 9.98. The van der Waals surface area contributed by atoms with Gasteiger partial charge in [0.05, 0.1) is 11.1 Å². The third-order valence-corrected chi connectivity index (χ3v) is 7.03. The quantitative estimate of drug-likeness (QED) is 0.567. The largest absolute Gasteiger partial charge is 0.273 e. The summed E-state index contributed by atoms with van der Waals surface area (Å²) in [7, 11) is -3.52. The van der Waals surface area contributed by atoms with Crippen LogP contribution in [0.3, 0.4) is 0 Å². The number of hydrogen-bond donors (Lipinski definition) is 1. The lowest BCUT2D eigenvalue weighted by Gasteiger charge is -2.30. The molecule has 0 spiro atoms. The second-order valence-electron chi connectivity index (χ2n) is 7.52. The topological polar surface area (TPSA) is 78.8 Å². The van der Waals surface area contributed by atoms with E-state index in [0.717, 1.165) is 16.7 Å². The van der Waals surface area contributed by atoms with Crippen molar-refractivity contribution in [1.29, 1.82) is 0 Å². The molecule has 0 radical (unpaired) electrons. The van der Waals surface area contributed by atoms with Gasteiger partial charge in [-0.05, 0) is 50.0 Å². The van der Waals surface area contributed by atoms with Gasteiger partial charge >= 0.3 is 0 Å². The maximum atomic E-state index is 12.8. The number of rotatable bonds is 6. The van der Waals surface area contributed by atoms with Crippen molar-refractivity contribution in [2.24, 2.45) is 11.0 Å². The lowest BCUT2D eigenvalue weighted by Crippen LogP contribution is -2.42. The molecule has 2 aromatic rings. The van der Waals surface area contributed by atoms with E-state index in [0.29, 0.717) is 30.8 Å². The van der Waals surface area contributed by atoms with Gasteiger partial charge < -0.3 is 0 Å². The van der Waals surface area contributed by atoms with E-state index < -0.39 is 10.0 Å². The van der Waals surface area contributed by atoms with Crippen LogP contribution in [0, 0.1) is 12.8 Å². The van der Waals surface area contributed by atoms with E-state index in [1.54, 1.807) is 30.5 Å². The number of aryl methyl sites for hydroxylation is 1. The van der Waals surface area contributed by atoms with Crippen molar-refractivity contribution < 1.29 is 13.2 Å². The summed E-state index contributed by atoms with van der Waals surface area (Å²) in [5.41, 5.74) is 5.58. The molecule has 0 unspecified atom stereocenters. The molecular weight excluding hydrogens is 398 g/mol. The van der Waals surface area contributed by atoms with Crippen LogP contribution < -0.4 is 5.43 Å². The van der Waals surface area contributed by atoms with Crippen LogP contribution in [-0.2, 0) is 14.8 Å². The highest BCUT2D eigenvalue weighted by Crippen LogP contribution is 2.24. The number of hydrogen-bond acceptors (Lipinski definition) is 4. The van der Waals surface area contributed by atoms with Gasteiger partial charge in [-0.2, -0.15) is 9.41 Å². The summed E-state index contributed by atoms with van der Waals surface area (Å²) in [5, 5.41) is 4.04. The molecular formula is C23H27N3O3S. The Morgan fingerprint density at radius 2 is 1.70 bits per heavy atom. The number of hydrazone groups is 1. The SMILES string of the molecule is CC(/C=N\NC(=O)C1CCN(S(=O)(=O)c2ccc(C)cc2)CC1)=C\c1ccccc1. The van der Waals surface area contributed by atoms with Crippen LogP contribution in [0.25, 0.3) is 6.08 Å². The van der Waals surface area contributed by atoms with Crippen molar-refractivity contribution >= 4 is 28.2 Å². The zero-order chi connectivity index (χ0) is 21.6. The predicted molar refractivity (Wildman–Crippen MR) is 119 cm³/mol. The van der Waals surface area contributed by atoms with E-state index in [9.17, 15) is 13.2 Å². The van der Waals surface area contributed by atoms with Crippen LogP contribution in [0.4, 0.5) is 0 Å². The molecule has 158 valence electrons. The summed E-state index contributed by atoms with van der Waals surface area (Å²) in [4.78, 5) is 12.7. The van der Waals surface area contributed by atoms with Gasteiger partial charge in [0.2, 0.25) is 15.9 Å². The van der Waals surface area contributed by atoms with Crippen LogP contribution >= 0.6 is 0 Å². The zero-order valence-electron chi connectivity index (χ0n) is 17.3. The number of benzene rings is 2. The monoisotopic (exact) mass is 425 g/mol. The minimum Gasteiger partial charge on any atom is -0.273 e. The fourth-order valence-corrected chi connectivity index (χ4v) is 4.83. The first-order chi connectivity index (χ1) is 14.4. The molecule has 1 aliphatic heterocycles. The molecule has 1 N–H and O–H groups in total. The molecule has 30 heavy (non-hydrogen) atoms. The molecule has 0 saturated carbocycles. The van der Waals surface area contributed by atoms with Crippen molar-refractivity contribution in [3.05, 3.63) is 71.3 Å². The highest BCUT2D eigenvalue weighted by molar-refractivity contribution is 7.89. The van der Waals surface area contributed by atoms with Gasteiger partial charge in [0.25, 0.3) is 0 Å². The Balaban J connectivity index is 1.51. The van der Waals surface area contributed by atoms with E-state index in [-0.39, 0.29) is 11.8 Å². The minimum atomic E-state index is -3.52. The summed E-state index contributed by atoms with van der Waals surface area (Å²) in [5.74, 6) is -0.420. The number of carbonyl (C=O) groups excluding carboxylic acids is 1. The Hall–Kier alpha value is -2.77. The molecule has 0 aliphatic carbocycles. The maximum absolute atomic E-state index is 12.8. The number of amides is 1. The first kappa shape index (κ1) is 21.9. The standard InChI is InChI=1S/C23H27N3O3S/c1-18-8-10-22(11-9-18)30(28,29)26-14-12-21(13-15-26)23(27)25-24-17-19(2)16-20-6-4-3-5-7-20/h3-11,16-17,21H,12-15H2,1-2H3,(H,25,27)/b19-16+,24-17-. The van der Waals surface area contributed by atoms with Crippen LogP contribution in [0.5, 0.6) is 0 Å². The predicted octanol–water partition coefficient (Wildman–Crippen LogP) is 3.60. The maximum Gasteiger partial charge on any atom is 0.243 e. The molecule has 7 heteroatoms. The first-order valence-electron chi connectivity index (χ1n) is 9.99. The van der Waals surface area contributed by atoms with Gasteiger partial charge in [0, 0.05) is 19.0 Å². The minimum absolute atomic E-state index is 0.175. The molecule has 1 amide bonds. The number of sulfonamides is 1. The van der Waals surface area contributed by atoms with Crippen LogP contribution in [0.15, 0.2) is 70.2 Å². The number of piperidine rings is 1. The Kier molecular flexibility index (Phi) is 7.18. The molecule has 0 atom stereocenters. The second-order valence-corrected chi connectivity index (χ2v) is 9.46. The summed E-state index contributed by atoms with van der Waals surface area (Å²) in [6.45, 7) is 4.48. The van der Waals surface area contributed by atoms with Crippen molar-refractivity contribution in [2.75, 3.05) is 13.1 Å². The van der Waals surface area contributed by atoms with Gasteiger partial charge in [-0.25, -0.2) is 13.8 Å². The Bertz CT molecular complexity index is 1020. The van der Waals surface area contributed by atoms with Crippen molar-refractivity contribution in [2.45, 2.75) is 31.6 Å². The Morgan fingerprint density at radius 1 is 1.07 bits per heavy atom. The average molecular weight is 426 g/mol. The molecule has 6 nitrogen and oxygen atoms in total. The van der Waals surface area contributed by atoms with E-state index in [2.05, 4.69) is 10.5 Å². The molecule has 1 saturated heterocycles. The normalized spacial score (nSPS) is 16.7. The smallest absolute Gasteiger partial charge is 0.243 e. The van der Waals surface area contributed by atoms with Crippen molar-refractivity contribution in [3.63, 3.8) is 0 Å². The summed E-state index contributed by atoms with van der Waals surface area (Å²) < 4.78 is 27.0. The summed E-state index contributed by atoms with van der Waals surface area (Å²) in [6.07, 6.45) is 4.54. The van der Waals surface area contributed by atoms with Crippen LogP contribution in [0.1, 0.15) is 30.9 Å². The number of nitrogens with zero attached hydrogens (tertiary/aromatic N) is 2. The van der Waals surface area contributed by atoms with E-state index in [1.165, 1.54) is 4.31 Å². The molecule has 0 aromatic heterocycles. The zero-order valence-corrected chi connectivity index (χ0v) is 18.1. The number of nitrogens with one attached hydrogen (secondary N) is 1. The van der Waals surface area contributed by atoms with E-state index in [1.807, 2.05) is 50.3 Å².